The Morgan fingerprint density at radius 1 is 1.15 bits per heavy atom. The first kappa shape index (κ1) is 29.0. The number of ether oxygens (including phenoxy) is 1. The van der Waals surface area contributed by atoms with Gasteiger partial charge in [-0.1, -0.05) is 31.1 Å². The second-order valence-corrected chi connectivity index (χ2v) is 12.4. The molecule has 0 bridgehead atoms. The topological polar surface area (TPSA) is 88.6 Å². The maximum atomic E-state index is 13.4. The molecule has 0 radical (unpaired) electrons. The highest BCUT2D eigenvalue weighted by Crippen LogP contribution is 2.28. The highest BCUT2D eigenvalue weighted by atomic mass is 32.2. The van der Waals surface area contributed by atoms with Crippen LogP contribution in [0.1, 0.15) is 67.4 Å². The van der Waals surface area contributed by atoms with Gasteiger partial charge in [-0.05, 0) is 61.6 Å². The number of halogens is 3. The van der Waals surface area contributed by atoms with Gasteiger partial charge in [-0.2, -0.15) is 13.2 Å². The summed E-state index contributed by atoms with van der Waals surface area (Å²) in [6, 6.07) is 1.87. The molecule has 2 heterocycles. The minimum atomic E-state index is -4.34. The number of unbranched alkanes of at least 4 members (excludes halogenated alkanes) is 2. The maximum absolute atomic E-state index is 13.4. The van der Waals surface area contributed by atoms with Crippen molar-refractivity contribution >= 4 is 32.1 Å². The minimum absolute atomic E-state index is 0.00497. The third-order valence-corrected chi connectivity index (χ3v) is 8.96. The number of fused-ring (bicyclic) bond motifs is 3. The predicted molar refractivity (Wildman–Crippen MR) is 146 cm³/mol. The van der Waals surface area contributed by atoms with E-state index in [9.17, 15) is 26.4 Å². The van der Waals surface area contributed by atoms with Crippen molar-refractivity contribution in [3.63, 3.8) is 0 Å². The number of alkyl halides is 3. The molecule has 2 aromatic rings. The molecule has 0 saturated heterocycles. The van der Waals surface area contributed by atoms with Crippen LogP contribution in [-0.2, 0) is 21.0 Å². The summed E-state index contributed by atoms with van der Waals surface area (Å²) in [4.78, 5) is 21.7. The fourth-order valence-electron chi connectivity index (χ4n) is 5.04. The van der Waals surface area contributed by atoms with E-state index in [2.05, 4.69) is 14.7 Å². The lowest BCUT2D eigenvalue weighted by Crippen LogP contribution is -2.18. The number of benzene rings is 1. The number of rotatable bonds is 10. The average molecular weight is 563 g/mol. The Hall–Kier alpha value is -2.98. The van der Waals surface area contributed by atoms with E-state index in [-0.39, 0.29) is 31.0 Å². The number of aryl methyl sites for hydroxylation is 1. The van der Waals surface area contributed by atoms with Crippen LogP contribution in [0, 0.1) is 6.92 Å². The van der Waals surface area contributed by atoms with E-state index in [1.165, 1.54) is 0 Å². The van der Waals surface area contributed by atoms with E-state index in [4.69, 9.17) is 0 Å². The van der Waals surface area contributed by atoms with Gasteiger partial charge in [0, 0.05) is 47.1 Å². The summed E-state index contributed by atoms with van der Waals surface area (Å²) in [5.41, 5.74) is 5.83. The molecular weight excluding hydrogens is 529 g/mol. The molecule has 1 N–H and O–H groups in total. The number of Topliss-reactive ketones (excluding diaryl/α,β-unsaturated/α-hetero) is 1. The lowest BCUT2D eigenvalue weighted by molar-refractivity contribution is -0.174. The number of ketones is 1. The first-order valence-corrected chi connectivity index (χ1v) is 14.7. The number of hydrogen-bond acceptors (Lipinski definition) is 5. The molecule has 0 atom stereocenters. The predicted octanol–water partition coefficient (Wildman–Crippen LogP) is 5.31. The van der Waals surface area contributed by atoms with Gasteiger partial charge in [0.1, 0.15) is 12.1 Å². The van der Waals surface area contributed by atoms with Gasteiger partial charge in [-0.3, -0.25) is 4.79 Å². The fourth-order valence-corrected chi connectivity index (χ4v) is 6.07. The zero-order chi connectivity index (χ0) is 28.4. The van der Waals surface area contributed by atoms with E-state index in [1.54, 1.807) is 19.1 Å². The number of aromatic amines is 1. The molecule has 210 valence electrons. The summed E-state index contributed by atoms with van der Waals surface area (Å²) in [5.74, 6) is -0.0561. The average Bonchev–Trinajstić information content (AvgIpc) is 3.27. The van der Waals surface area contributed by atoms with E-state index >= 15 is 0 Å². The molecule has 39 heavy (non-hydrogen) atoms. The van der Waals surface area contributed by atoms with Gasteiger partial charge in [-0.25, -0.2) is 13.4 Å². The quantitative estimate of drug-likeness (QED) is 0.314. The minimum Gasteiger partial charge on any atom is -0.372 e. The van der Waals surface area contributed by atoms with Crippen LogP contribution in [0.25, 0.3) is 16.5 Å². The van der Waals surface area contributed by atoms with Gasteiger partial charge in [-0.15, -0.1) is 0 Å². The summed E-state index contributed by atoms with van der Waals surface area (Å²) in [7, 11) is -3.38. The highest BCUT2D eigenvalue weighted by Gasteiger charge is 2.27. The smallest absolute Gasteiger partial charge is 0.372 e. The van der Waals surface area contributed by atoms with E-state index in [0.29, 0.717) is 36.2 Å². The summed E-state index contributed by atoms with van der Waals surface area (Å²) < 4.78 is 66.6. The molecule has 0 saturated carbocycles. The van der Waals surface area contributed by atoms with Crippen molar-refractivity contribution in [2.24, 2.45) is 4.99 Å². The molecule has 0 unspecified atom stereocenters. The van der Waals surface area contributed by atoms with Crippen LogP contribution in [0.3, 0.4) is 0 Å². The summed E-state index contributed by atoms with van der Waals surface area (Å²) in [6.07, 6.45) is 5.47. The van der Waals surface area contributed by atoms with Crippen LogP contribution >= 0.6 is 0 Å². The van der Waals surface area contributed by atoms with Gasteiger partial charge in [0.05, 0.1) is 11.3 Å². The van der Waals surface area contributed by atoms with Crippen molar-refractivity contribution in [1.29, 1.82) is 0 Å². The first-order valence-electron chi connectivity index (χ1n) is 13.1. The standard InChI is InChI=1S/C29H33F3N2O4S/c1-4-39(36,37)21-10-8-9-20(14-21)23-15-22(25(35)11-6-5-7-12-38-17-29(30,31)32)19(3)27-26(23)24-13-18(2)16-33-28(24)34-27/h8-10,15-16H,4-7,11-14,17H2,1-3H3,(H,33,34). The van der Waals surface area contributed by atoms with Crippen molar-refractivity contribution in [1.82, 2.24) is 4.98 Å². The lowest BCUT2D eigenvalue weighted by Gasteiger charge is -2.15. The summed E-state index contributed by atoms with van der Waals surface area (Å²) in [6.45, 7) is 4.25. The van der Waals surface area contributed by atoms with Crippen LogP contribution in [-0.4, -0.2) is 44.3 Å². The molecule has 2 aliphatic rings. The van der Waals surface area contributed by atoms with Gasteiger partial charge in [0.15, 0.2) is 15.6 Å². The summed E-state index contributed by atoms with van der Waals surface area (Å²) in [5, 5.41) is 1.77. The molecule has 1 aliphatic heterocycles. The Balaban J connectivity index is 1.68. The van der Waals surface area contributed by atoms with E-state index in [0.717, 1.165) is 43.9 Å². The van der Waals surface area contributed by atoms with Crippen LogP contribution in [0.2, 0.25) is 0 Å². The molecule has 0 fully saturated rings. The number of hydrogen-bond donors (Lipinski definition) is 1. The second kappa shape index (κ2) is 11.6. The van der Waals surface area contributed by atoms with Gasteiger partial charge in [0.2, 0.25) is 0 Å². The normalized spacial score (nSPS) is 17.1. The van der Waals surface area contributed by atoms with Crippen molar-refractivity contribution in [2.75, 3.05) is 19.0 Å². The van der Waals surface area contributed by atoms with Crippen molar-refractivity contribution in [2.45, 2.75) is 65.5 Å². The third kappa shape index (κ3) is 6.61. The molecule has 0 amide bonds. The Morgan fingerprint density at radius 2 is 1.92 bits per heavy atom. The number of H-pyrrole nitrogens is 1. The van der Waals surface area contributed by atoms with Crippen LogP contribution < -0.4 is 10.7 Å². The monoisotopic (exact) mass is 562 g/mol. The van der Waals surface area contributed by atoms with Crippen molar-refractivity contribution < 1.29 is 31.1 Å². The van der Waals surface area contributed by atoms with Crippen LogP contribution in [0.15, 0.2) is 46.0 Å². The maximum Gasteiger partial charge on any atom is 0.411 e. The molecule has 6 nitrogen and oxygen atoms in total. The largest absolute Gasteiger partial charge is 0.411 e. The van der Waals surface area contributed by atoms with Gasteiger partial charge in [0.25, 0.3) is 0 Å². The Labute approximate surface area is 226 Å². The zero-order valence-electron chi connectivity index (χ0n) is 22.4. The highest BCUT2D eigenvalue weighted by molar-refractivity contribution is 7.95. The summed E-state index contributed by atoms with van der Waals surface area (Å²) >= 11 is 0. The van der Waals surface area contributed by atoms with Crippen molar-refractivity contribution in [3.05, 3.63) is 68.4 Å². The lowest BCUT2D eigenvalue weighted by atomic mass is 9.91. The van der Waals surface area contributed by atoms with Crippen LogP contribution in [0.5, 0.6) is 0 Å². The first-order chi connectivity index (χ1) is 18.4. The number of carbonyl (C=O) groups excluding carboxylic acids is 1. The second-order valence-electron chi connectivity index (χ2n) is 10.1. The SMILES string of the molecule is CCS(=O)(=O)C1=CC=CC(=c2cc(C(=O)CCCCCOCC(F)(F)F)c(C)c3[nH]c4c(c23)CC(C)=CN=4)C1. The number of sulfone groups is 1. The van der Waals surface area contributed by atoms with E-state index in [1.807, 2.05) is 32.2 Å². The molecule has 1 aliphatic carbocycles. The Kier molecular flexibility index (Phi) is 8.66. The molecule has 10 heteroatoms. The third-order valence-electron chi connectivity index (χ3n) is 7.12. The van der Waals surface area contributed by atoms with Gasteiger partial charge < -0.3 is 9.72 Å². The number of nitrogens with one attached hydrogen (secondary N) is 1. The Morgan fingerprint density at radius 3 is 2.64 bits per heavy atom. The molecule has 1 aromatic heterocycles. The van der Waals surface area contributed by atoms with Gasteiger partial charge >= 0.3 is 6.18 Å². The van der Waals surface area contributed by atoms with Crippen LogP contribution in [0.4, 0.5) is 13.2 Å². The number of aromatic nitrogens is 1. The fraction of sp³-hybridized carbons (Fsp3) is 0.448. The van der Waals surface area contributed by atoms with E-state index < -0.39 is 22.6 Å². The number of allylic oxidation sites excluding steroid dienone is 5. The molecule has 0 spiro atoms. The molecular formula is C29H33F3N2O4S. The molecule has 1 aromatic carbocycles. The Bertz CT molecular complexity index is 1610. The molecule has 4 rings (SSSR count). The number of nitrogens with zero attached hydrogens (tertiary/aromatic N) is 1. The number of carbonyl (C=O) groups is 1. The van der Waals surface area contributed by atoms with Crippen molar-refractivity contribution in [3.8, 4) is 0 Å². The zero-order valence-corrected chi connectivity index (χ0v) is 23.2.